The summed E-state index contributed by atoms with van der Waals surface area (Å²) in [5.74, 6) is -0.233. The van der Waals surface area contributed by atoms with Crippen molar-refractivity contribution < 1.29 is 14.6 Å². The zero-order chi connectivity index (χ0) is 25.0. The molecular weight excluding hydrogens is 446 g/mol. The molecule has 1 saturated carbocycles. The van der Waals surface area contributed by atoms with Gasteiger partial charge in [-0.2, -0.15) is 5.26 Å². The average molecular weight is 465 g/mol. The number of benzene rings is 3. The van der Waals surface area contributed by atoms with Crippen LogP contribution in [0.5, 0.6) is 0 Å². The number of nitriles is 1. The van der Waals surface area contributed by atoms with E-state index in [0.717, 1.165) is 5.56 Å². The Kier molecular flexibility index (Phi) is 6.34. The van der Waals surface area contributed by atoms with Crippen LogP contribution in [-0.2, 0) is 10.2 Å². The van der Waals surface area contributed by atoms with Crippen LogP contribution in [-0.4, -0.2) is 15.6 Å². The monoisotopic (exact) mass is 465 g/mol. The first kappa shape index (κ1) is 23.3. The third-order valence-corrected chi connectivity index (χ3v) is 6.00. The fourth-order valence-electron chi connectivity index (χ4n) is 4.20. The topological polar surface area (TPSA) is 127 Å². The van der Waals surface area contributed by atoms with E-state index in [1.54, 1.807) is 36.4 Å². The molecule has 0 unspecified atom stereocenters. The van der Waals surface area contributed by atoms with Crippen molar-refractivity contribution in [2.45, 2.75) is 18.3 Å². The molecule has 3 aromatic rings. The first-order valence-electron chi connectivity index (χ1n) is 10.7. The number of hydrogen-bond donors (Lipinski definition) is 0. The maximum absolute atomic E-state index is 13.5. The molecule has 0 atom stereocenters. The van der Waals surface area contributed by atoms with Crippen molar-refractivity contribution in [3.8, 4) is 6.07 Å². The minimum atomic E-state index is -0.992. The van der Waals surface area contributed by atoms with E-state index in [-0.39, 0.29) is 30.0 Å². The van der Waals surface area contributed by atoms with Crippen LogP contribution in [0.4, 0.5) is 11.4 Å². The summed E-state index contributed by atoms with van der Waals surface area (Å²) in [5.41, 5.74) is 1.69. The molecule has 35 heavy (non-hydrogen) atoms. The summed E-state index contributed by atoms with van der Waals surface area (Å²) in [7, 11) is 0. The van der Waals surface area contributed by atoms with Gasteiger partial charge in [-0.25, -0.2) is 0 Å². The van der Waals surface area contributed by atoms with Gasteiger partial charge in [-0.05, 0) is 65.9 Å². The highest BCUT2D eigenvalue weighted by Gasteiger charge is 2.41. The lowest BCUT2D eigenvalue weighted by Gasteiger charge is -2.33. The number of nitrogens with zero attached hydrogens (tertiary/aromatic N) is 3. The largest absolute Gasteiger partial charge is 0.289 e. The van der Waals surface area contributed by atoms with Crippen LogP contribution in [0.15, 0.2) is 90.0 Å². The van der Waals surface area contributed by atoms with E-state index in [1.807, 2.05) is 30.3 Å². The summed E-state index contributed by atoms with van der Waals surface area (Å²) in [5, 5.41) is 32.2. The second kappa shape index (κ2) is 9.53. The molecule has 0 spiro atoms. The first-order chi connectivity index (χ1) is 16.8. The van der Waals surface area contributed by atoms with Crippen molar-refractivity contribution in [2.24, 2.45) is 0 Å². The van der Waals surface area contributed by atoms with E-state index in [0.29, 0.717) is 22.3 Å². The SMILES string of the molecule is N#CC1(c2ccccc2)CC(=Cc2ccc([N+](=O)[O-])cc2)C(=O)C(=Cc2ccc([N+](=O)[O-])cc2)C1. The lowest BCUT2D eigenvalue weighted by molar-refractivity contribution is -0.385. The van der Waals surface area contributed by atoms with Gasteiger partial charge in [-0.1, -0.05) is 30.3 Å². The number of nitro groups is 2. The van der Waals surface area contributed by atoms with E-state index in [2.05, 4.69) is 6.07 Å². The third-order valence-electron chi connectivity index (χ3n) is 6.00. The van der Waals surface area contributed by atoms with Gasteiger partial charge in [0.1, 0.15) is 0 Å². The highest BCUT2D eigenvalue weighted by atomic mass is 16.6. The lowest BCUT2D eigenvalue weighted by Crippen LogP contribution is -2.33. The number of ketones is 1. The van der Waals surface area contributed by atoms with Gasteiger partial charge in [-0.15, -0.1) is 0 Å². The van der Waals surface area contributed by atoms with Gasteiger partial charge in [0.2, 0.25) is 0 Å². The number of hydrogen-bond acceptors (Lipinski definition) is 6. The number of non-ortho nitro benzene ring substituents is 2. The quantitative estimate of drug-likeness (QED) is 0.266. The fraction of sp³-hybridized carbons (Fsp3) is 0.111. The number of carbonyl (C=O) groups excluding carboxylic acids is 1. The van der Waals surface area contributed by atoms with Gasteiger partial charge in [0.15, 0.2) is 5.78 Å². The molecule has 0 amide bonds. The summed E-state index contributed by atoms with van der Waals surface area (Å²) in [4.78, 5) is 34.4. The molecule has 0 bridgehead atoms. The van der Waals surface area contributed by atoms with Gasteiger partial charge >= 0.3 is 0 Å². The minimum Gasteiger partial charge on any atom is -0.289 e. The molecule has 1 aliphatic carbocycles. The van der Waals surface area contributed by atoms with E-state index >= 15 is 0 Å². The molecule has 1 fully saturated rings. The van der Waals surface area contributed by atoms with Crippen LogP contribution in [0, 0.1) is 31.6 Å². The Bertz CT molecular complexity index is 1320. The second-order valence-electron chi connectivity index (χ2n) is 8.28. The Morgan fingerprint density at radius 3 is 1.54 bits per heavy atom. The van der Waals surface area contributed by atoms with Gasteiger partial charge in [0.25, 0.3) is 11.4 Å². The molecule has 8 heteroatoms. The maximum atomic E-state index is 13.5. The predicted molar refractivity (Wildman–Crippen MR) is 130 cm³/mol. The molecule has 1 aliphatic rings. The maximum Gasteiger partial charge on any atom is 0.269 e. The Morgan fingerprint density at radius 2 is 1.17 bits per heavy atom. The van der Waals surface area contributed by atoms with Crippen LogP contribution in [0.3, 0.4) is 0 Å². The molecule has 0 heterocycles. The lowest BCUT2D eigenvalue weighted by atomic mass is 9.66. The number of Topliss-reactive ketones (excluding diaryl/α,β-unsaturated/α-hetero) is 1. The minimum absolute atomic E-state index is 0.0588. The van der Waals surface area contributed by atoms with Crippen LogP contribution < -0.4 is 0 Å². The van der Waals surface area contributed by atoms with Crippen molar-refractivity contribution in [2.75, 3.05) is 0 Å². The zero-order valence-electron chi connectivity index (χ0n) is 18.5. The van der Waals surface area contributed by atoms with Crippen LogP contribution >= 0.6 is 0 Å². The van der Waals surface area contributed by atoms with Gasteiger partial charge < -0.3 is 0 Å². The molecule has 4 rings (SSSR count). The second-order valence-corrected chi connectivity index (χ2v) is 8.28. The Labute approximate surface area is 200 Å². The number of allylic oxidation sites excluding steroid dienone is 2. The first-order valence-corrected chi connectivity index (χ1v) is 10.7. The molecule has 8 nitrogen and oxygen atoms in total. The summed E-state index contributed by atoms with van der Waals surface area (Å²) in [6.07, 6.45) is 3.68. The molecule has 0 N–H and O–H groups in total. The Hall–Kier alpha value is -4.90. The fourth-order valence-corrected chi connectivity index (χ4v) is 4.20. The third kappa shape index (κ3) is 4.89. The van der Waals surface area contributed by atoms with Gasteiger partial charge in [-0.3, -0.25) is 25.0 Å². The van der Waals surface area contributed by atoms with Crippen molar-refractivity contribution in [3.05, 3.63) is 127 Å². The highest BCUT2D eigenvalue weighted by Crippen LogP contribution is 2.43. The molecule has 0 aromatic heterocycles. The summed E-state index contributed by atoms with van der Waals surface area (Å²) < 4.78 is 0. The summed E-state index contributed by atoms with van der Waals surface area (Å²) in [6, 6.07) is 23.3. The number of carbonyl (C=O) groups is 1. The zero-order valence-corrected chi connectivity index (χ0v) is 18.5. The molecule has 3 aromatic carbocycles. The average Bonchev–Trinajstić information content (AvgIpc) is 2.87. The molecule has 0 aliphatic heterocycles. The highest BCUT2D eigenvalue weighted by molar-refractivity contribution is 6.14. The van der Waals surface area contributed by atoms with Crippen LogP contribution in [0.2, 0.25) is 0 Å². The van der Waals surface area contributed by atoms with E-state index in [1.165, 1.54) is 24.3 Å². The van der Waals surface area contributed by atoms with Gasteiger partial charge in [0.05, 0.1) is 21.3 Å². The van der Waals surface area contributed by atoms with Crippen molar-refractivity contribution in [1.82, 2.24) is 0 Å². The van der Waals surface area contributed by atoms with E-state index in [4.69, 9.17) is 0 Å². The number of nitro benzene ring substituents is 2. The predicted octanol–water partition coefficient (Wildman–Crippen LogP) is 5.79. The van der Waals surface area contributed by atoms with E-state index in [9.17, 15) is 30.3 Å². The Morgan fingerprint density at radius 1 is 0.743 bits per heavy atom. The van der Waals surface area contributed by atoms with Gasteiger partial charge in [0, 0.05) is 35.4 Å². The standard InChI is InChI=1S/C27H19N3O5/c28-18-27(23-4-2-1-3-5-23)16-21(14-19-6-10-24(11-7-19)29(32)33)26(31)22(17-27)15-20-8-12-25(13-9-20)30(34)35/h1-15H,16-17H2. The molecule has 0 radical (unpaired) electrons. The number of rotatable bonds is 5. The molecular formula is C27H19N3O5. The van der Waals surface area contributed by atoms with Crippen molar-refractivity contribution in [1.29, 1.82) is 5.26 Å². The van der Waals surface area contributed by atoms with Crippen LogP contribution in [0.1, 0.15) is 29.5 Å². The van der Waals surface area contributed by atoms with Crippen LogP contribution in [0.25, 0.3) is 12.2 Å². The molecule has 172 valence electrons. The van der Waals surface area contributed by atoms with Crippen molar-refractivity contribution in [3.63, 3.8) is 0 Å². The van der Waals surface area contributed by atoms with Crippen molar-refractivity contribution >= 4 is 29.3 Å². The normalized spacial score (nSPS) is 19.9. The Balaban J connectivity index is 1.80. The van der Waals surface area contributed by atoms with E-state index < -0.39 is 15.3 Å². The summed E-state index contributed by atoms with van der Waals surface area (Å²) >= 11 is 0. The molecule has 0 saturated heterocycles. The smallest absolute Gasteiger partial charge is 0.269 e. The summed E-state index contributed by atoms with van der Waals surface area (Å²) in [6.45, 7) is 0.